The molecule has 0 spiro atoms. The lowest BCUT2D eigenvalue weighted by Crippen LogP contribution is -2.25. The van der Waals surface area contributed by atoms with Gasteiger partial charge in [0.25, 0.3) is 0 Å². The maximum atomic E-state index is 13.8. The van der Waals surface area contributed by atoms with Crippen molar-refractivity contribution in [1.29, 1.82) is 5.26 Å². The number of rotatable bonds is 14. The first-order chi connectivity index (χ1) is 18.4. The molecule has 1 atom stereocenters. The first-order valence-corrected chi connectivity index (χ1v) is 13.2. The zero-order valence-electron chi connectivity index (χ0n) is 22.9. The summed E-state index contributed by atoms with van der Waals surface area (Å²) < 4.78 is 11.7. The lowest BCUT2D eigenvalue weighted by Gasteiger charge is -2.33. The Morgan fingerprint density at radius 1 is 1.18 bits per heavy atom. The van der Waals surface area contributed by atoms with Crippen LogP contribution in [0.25, 0.3) is 0 Å². The number of hydrogen-bond acceptors (Lipinski definition) is 7. The number of aromatic nitrogens is 1. The van der Waals surface area contributed by atoms with E-state index in [0.29, 0.717) is 48.6 Å². The van der Waals surface area contributed by atoms with E-state index in [9.17, 15) is 14.9 Å². The lowest BCUT2D eigenvalue weighted by molar-refractivity contribution is -0.118. The molecule has 0 aliphatic carbocycles. The molecule has 38 heavy (non-hydrogen) atoms. The highest BCUT2D eigenvalue weighted by molar-refractivity contribution is 6.00. The fourth-order valence-electron chi connectivity index (χ4n) is 4.97. The van der Waals surface area contributed by atoms with E-state index in [1.54, 1.807) is 31.5 Å². The van der Waals surface area contributed by atoms with Gasteiger partial charge in [-0.15, -0.1) is 6.58 Å². The van der Waals surface area contributed by atoms with Gasteiger partial charge in [-0.3, -0.25) is 9.59 Å². The van der Waals surface area contributed by atoms with E-state index < -0.39 is 5.92 Å². The number of hydrogen-bond donors (Lipinski definition) is 1. The van der Waals surface area contributed by atoms with E-state index >= 15 is 0 Å². The third-order valence-corrected chi connectivity index (χ3v) is 6.80. The number of Topliss-reactive ketones (excluding diaryl/α,β-unsaturated/α-hetero) is 2. The van der Waals surface area contributed by atoms with E-state index in [1.165, 1.54) is 0 Å². The van der Waals surface area contributed by atoms with Gasteiger partial charge in [0.05, 0.1) is 42.5 Å². The first-order valence-electron chi connectivity index (χ1n) is 13.2. The van der Waals surface area contributed by atoms with Gasteiger partial charge in [0.15, 0.2) is 5.78 Å². The molecule has 1 aliphatic rings. The van der Waals surface area contributed by atoms with Gasteiger partial charge in [-0.25, -0.2) is 4.98 Å². The fraction of sp³-hybridized carbons (Fsp3) is 0.419. The average Bonchev–Trinajstić information content (AvgIpc) is 2.91. The van der Waals surface area contributed by atoms with Crippen LogP contribution in [0.15, 0.2) is 48.3 Å². The van der Waals surface area contributed by atoms with Crippen molar-refractivity contribution in [1.82, 2.24) is 4.98 Å². The van der Waals surface area contributed by atoms with Crippen LogP contribution < -0.4 is 14.8 Å². The Bertz CT molecular complexity index is 1270. The number of nitrogens with one attached hydrogen (secondary N) is 1. The van der Waals surface area contributed by atoms with Crippen molar-refractivity contribution in [3.63, 3.8) is 0 Å². The SMILES string of the molecule is C=CCC(=O)CCCCCCC(=O)C1=C(C)Nc2c(C)cnc(OCC)c2C1c1ccc(C#N)cc1OC. The van der Waals surface area contributed by atoms with Crippen LogP contribution in [0, 0.1) is 18.3 Å². The number of anilines is 1. The quantitative estimate of drug-likeness (QED) is 0.225. The summed E-state index contributed by atoms with van der Waals surface area (Å²) in [6.45, 7) is 9.84. The molecule has 0 radical (unpaired) electrons. The summed E-state index contributed by atoms with van der Waals surface area (Å²) in [5.74, 6) is 0.792. The number of pyridine rings is 1. The number of aryl methyl sites for hydroxylation is 1. The smallest absolute Gasteiger partial charge is 0.219 e. The predicted octanol–water partition coefficient (Wildman–Crippen LogP) is 6.56. The van der Waals surface area contributed by atoms with Crippen LogP contribution in [0.4, 0.5) is 5.69 Å². The number of ketones is 2. The minimum Gasteiger partial charge on any atom is -0.496 e. The Morgan fingerprint density at radius 2 is 1.92 bits per heavy atom. The molecule has 1 aromatic heterocycles. The second kappa shape index (κ2) is 13.6. The number of methoxy groups -OCH3 is 1. The fourth-order valence-corrected chi connectivity index (χ4v) is 4.97. The van der Waals surface area contributed by atoms with Gasteiger partial charge < -0.3 is 14.8 Å². The number of carbonyl (C=O) groups excluding carboxylic acids is 2. The van der Waals surface area contributed by atoms with Gasteiger partial charge in [-0.2, -0.15) is 5.26 Å². The zero-order chi connectivity index (χ0) is 27.7. The van der Waals surface area contributed by atoms with Crippen LogP contribution in [0.2, 0.25) is 0 Å². The Morgan fingerprint density at radius 3 is 2.58 bits per heavy atom. The molecule has 1 N–H and O–H groups in total. The minimum absolute atomic E-state index is 0.0451. The van der Waals surface area contributed by atoms with Gasteiger partial charge in [0.2, 0.25) is 5.88 Å². The van der Waals surface area contributed by atoms with Crippen LogP contribution >= 0.6 is 0 Å². The largest absolute Gasteiger partial charge is 0.496 e. The Balaban J connectivity index is 1.95. The van der Waals surface area contributed by atoms with Crippen LogP contribution in [0.1, 0.15) is 87.0 Å². The molecule has 0 bridgehead atoms. The number of nitrogens with zero attached hydrogens (tertiary/aromatic N) is 2. The summed E-state index contributed by atoms with van der Waals surface area (Å²) in [7, 11) is 1.57. The summed E-state index contributed by atoms with van der Waals surface area (Å²) in [5, 5.41) is 12.9. The normalized spacial score (nSPS) is 14.2. The van der Waals surface area contributed by atoms with Crippen molar-refractivity contribution in [3.05, 3.63) is 70.6 Å². The topological polar surface area (TPSA) is 101 Å². The summed E-state index contributed by atoms with van der Waals surface area (Å²) in [5.41, 5.74) is 5.31. The first kappa shape index (κ1) is 28.6. The molecule has 0 saturated carbocycles. The van der Waals surface area contributed by atoms with Crippen LogP contribution in [0.3, 0.4) is 0 Å². The summed E-state index contributed by atoms with van der Waals surface area (Å²) in [6, 6.07) is 7.46. The molecule has 3 rings (SSSR count). The van der Waals surface area contributed by atoms with Gasteiger partial charge in [-0.05, 0) is 51.3 Å². The third kappa shape index (κ3) is 6.49. The van der Waals surface area contributed by atoms with Gasteiger partial charge in [-0.1, -0.05) is 25.0 Å². The number of nitriles is 1. The average molecular weight is 516 g/mol. The number of benzene rings is 1. The van der Waals surface area contributed by atoms with Gasteiger partial charge in [0, 0.05) is 42.3 Å². The zero-order valence-corrected chi connectivity index (χ0v) is 22.9. The monoisotopic (exact) mass is 515 g/mol. The maximum absolute atomic E-state index is 13.8. The van der Waals surface area contributed by atoms with Crippen molar-refractivity contribution in [2.45, 2.75) is 71.6 Å². The number of fused-ring (bicyclic) bond motifs is 1. The number of allylic oxidation sites excluding steroid dienone is 3. The predicted molar refractivity (Wildman–Crippen MR) is 149 cm³/mol. The van der Waals surface area contributed by atoms with E-state index in [4.69, 9.17) is 9.47 Å². The Labute approximate surface area is 225 Å². The molecule has 2 aromatic rings. The van der Waals surface area contributed by atoms with E-state index in [1.807, 2.05) is 26.8 Å². The maximum Gasteiger partial charge on any atom is 0.219 e. The second-order valence-corrected chi connectivity index (χ2v) is 9.50. The molecule has 1 aromatic carbocycles. The summed E-state index contributed by atoms with van der Waals surface area (Å²) in [6.07, 6.45) is 8.10. The van der Waals surface area contributed by atoms with Crippen molar-refractivity contribution < 1.29 is 19.1 Å². The van der Waals surface area contributed by atoms with Crippen molar-refractivity contribution in [2.75, 3.05) is 19.0 Å². The number of ether oxygens (including phenoxy) is 2. The molecule has 7 heteroatoms. The summed E-state index contributed by atoms with van der Waals surface area (Å²) >= 11 is 0. The molecular weight excluding hydrogens is 478 g/mol. The van der Waals surface area contributed by atoms with Crippen LogP contribution in [-0.2, 0) is 9.59 Å². The van der Waals surface area contributed by atoms with Crippen molar-refractivity contribution in [2.24, 2.45) is 0 Å². The van der Waals surface area contributed by atoms with Crippen LogP contribution in [-0.4, -0.2) is 30.3 Å². The number of carbonyl (C=O) groups is 2. The van der Waals surface area contributed by atoms with E-state index in [-0.39, 0.29) is 11.6 Å². The highest BCUT2D eigenvalue weighted by Gasteiger charge is 2.37. The summed E-state index contributed by atoms with van der Waals surface area (Å²) in [4.78, 5) is 30.1. The highest BCUT2D eigenvalue weighted by atomic mass is 16.5. The van der Waals surface area contributed by atoms with Gasteiger partial charge >= 0.3 is 0 Å². The molecule has 2 heterocycles. The van der Waals surface area contributed by atoms with E-state index in [0.717, 1.165) is 53.8 Å². The Hall–Kier alpha value is -3.92. The molecule has 0 saturated heterocycles. The van der Waals surface area contributed by atoms with Gasteiger partial charge in [0.1, 0.15) is 11.5 Å². The molecule has 0 fully saturated rings. The molecule has 1 unspecified atom stereocenters. The molecular formula is C31H37N3O4. The Kier molecular flexibility index (Phi) is 10.2. The standard InChI is InChI=1S/C31H37N3O4/c1-6-12-23(35)13-10-8-9-11-14-25(36)27-21(4)34-30-20(3)19-33-31(38-7-2)29(30)28(27)24-16-15-22(18-32)17-26(24)37-5/h6,15-17,19,28,34H,1,7-14H2,2-5H3. The number of unbranched alkanes of at least 4 members (excludes halogenated alkanes) is 3. The van der Waals surface area contributed by atoms with Crippen LogP contribution in [0.5, 0.6) is 11.6 Å². The molecule has 0 amide bonds. The minimum atomic E-state index is -0.466. The van der Waals surface area contributed by atoms with Crippen molar-refractivity contribution >= 4 is 17.3 Å². The second-order valence-electron chi connectivity index (χ2n) is 9.50. The van der Waals surface area contributed by atoms with Crippen molar-refractivity contribution in [3.8, 4) is 17.7 Å². The lowest BCUT2D eigenvalue weighted by atomic mass is 9.77. The van der Waals surface area contributed by atoms with E-state index in [2.05, 4.69) is 22.9 Å². The third-order valence-electron chi connectivity index (χ3n) is 6.80. The molecule has 7 nitrogen and oxygen atoms in total. The molecule has 200 valence electrons. The highest BCUT2D eigenvalue weighted by Crippen LogP contribution is 2.49. The molecule has 1 aliphatic heterocycles.